The second kappa shape index (κ2) is 6.98. The summed E-state index contributed by atoms with van der Waals surface area (Å²) in [6.07, 6.45) is 0.990. The number of hydrogen-bond donors (Lipinski definition) is 0. The van der Waals surface area contributed by atoms with E-state index in [1.807, 2.05) is 0 Å². The second-order valence-corrected chi connectivity index (χ2v) is 9.42. The van der Waals surface area contributed by atoms with Gasteiger partial charge in [-0.15, -0.1) is 0 Å². The van der Waals surface area contributed by atoms with Gasteiger partial charge in [-0.1, -0.05) is 12.1 Å². The lowest BCUT2D eigenvalue weighted by atomic mass is 10.2. The molecule has 0 bridgehead atoms. The van der Waals surface area contributed by atoms with Crippen molar-refractivity contribution < 1.29 is 30.8 Å². The Hall–Kier alpha value is -2.17. The molecule has 25 heavy (non-hydrogen) atoms. The van der Waals surface area contributed by atoms with E-state index in [9.17, 15) is 21.6 Å². The minimum Gasteiger partial charge on any atom is -0.454 e. The van der Waals surface area contributed by atoms with E-state index < -0.39 is 25.8 Å². The third-order valence-electron chi connectivity index (χ3n) is 3.22. The lowest BCUT2D eigenvalue weighted by Gasteiger charge is -2.08. The van der Waals surface area contributed by atoms with Crippen LogP contribution in [0.5, 0.6) is 0 Å². The number of ether oxygens (including phenoxy) is 1. The highest BCUT2D eigenvalue weighted by molar-refractivity contribution is 7.90. The van der Waals surface area contributed by atoms with E-state index in [0.717, 1.165) is 10.6 Å². The van der Waals surface area contributed by atoms with E-state index in [0.29, 0.717) is 0 Å². The molecule has 8 nitrogen and oxygen atoms in total. The maximum Gasteiger partial charge on any atom is 0.339 e. The predicted octanol–water partition coefficient (Wildman–Crippen LogP) is 1.29. The summed E-state index contributed by atoms with van der Waals surface area (Å²) < 4.78 is 58.4. The molecule has 0 saturated carbocycles. The van der Waals surface area contributed by atoms with Crippen LogP contribution in [0.15, 0.2) is 50.8 Å². The van der Waals surface area contributed by atoms with Gasteiger partial charge in [-0.25, -0.2) is 25.9 Å². The molecule has 0 unspecified atom stereocenters. The highest BCUT2D eigenvalue weighted by atomic mass is 32.2. The van der Waals surface area contributed by atoms with Crippen LogP contribution in [0.4, 0.5) is 0 Å². The molecular weight excluding hydrogens is 370 g/mol. The van der Waals surface area contributed by atoms with Gasteiger partial charge < -0.3 is 9.15 Å². The summed E-state index contributed by atoms with van der Waals surface area (Å²) in [4.78, 5) is 12.0. The number of nitrogens with zero attached hydrogens (tertiary/aromatic N) is 1. The second-order valence-electron chi connectivity index (χ2n) is 5.35. The van der Waals surface area contributed by atoms with Crippen molar-refractivity contribution in [3.05, 3.63) is 47.7 Å². The monoisotopic (exact) mass is 387 g/mol. The zero-order chi connectivity index (χ0) is 18.8. The van der Waals surface area contributed by atoms with E-state index in [-0.39, 0.29) is 27.9 Å². The van der Waals surface area contributed by atoms with Gasteiger partial charge in [0.2, 0.25) is 5.09 Å². The van der Waals surface area contributed by atoms with Crippen LogP contribution in [-0.2, 0) is 31.2 Å². The number of sulfonamides is 1. The first-order valence-corrected chi connectivity index (χ1v) is 10.3. The summed E-state index contributed by atoms with van der Waals surface area (Å²) in [6, 6.07) is 8.27. The zero-order valence-electron chi connectivity index (χ0n) is 13.8. The molecule has 2 aromatic rings. The van der Waals surface area contributed by atoms with Gasteiger partial charge in [-0.2, -0.15) is 0 Å². The zero-order valence-corrected chi connectivity index (χ0v) is 15.4. The fourth-order valence-corrected chi connectivity index (χ4v) is 3.62. The first kappa shape index (κ1) is 19.2. The number of carbonyl (C=O) groups excluding carboxylic acids is 1. The average molecular weight is 387 g/mol. The van der Waals surface area contributed by atoms with Gasteiger partial charge in [0.1, 0.15) is 12.4 Å². The van der Waals surface area contributed by atoms with E-state index in [1.54, 1.807) is 0 Å². The number of sulfone groups is 1. The molecule has 0 amide bonds. The molecule has 0 radical (unpaired) electrons. The minimum absolute atomic E-state index is 0.0994. The highest BCUT2D eigenvalue weighted by Crippen LogP contribution is 2.20. The molecule has 0 atom stereocenters. The Kier molecular flexibility index (Phi) is 5.35. The maximum absolute atomic E-state index is 12.1. The number of hydrogen-bond acceptors (Lipinski definition) is 7. The number of benzene rings is 1. The molecule has 0 N–H and O–H groups in total. The van der Waals surface area contributed by atoms with Gasteiger partial charge in [0.25, 0.3) is 10.0 Å². The number of esters is 1. The Balaban J connectivity index is 2.16. The molecule has 0 spiro atoms. The molecule has 0 aliphatic carbocycles. The molecule has 0 fully saturated rings. The Bertz CT molecular complexity index is 988. The fourth-order valence-electron chi connectivity index (χ4n) is 1.93. The molecule has 0 aliphatic rings. The van der Waals surface area contributed by atoms with Crippen LogP contribution >= 0.6 is 0 Å². The van der Waals surface area contributed by atoms with Crippen molar-refractivity contribution in [2.45, 2.75) is 16.6 Å². The SMILES string of the molecule is CN(C)S(=O)(=O)c1ccc(COC(=O)c2ccccc2S(C)(=O)=O)o1. The molecule has 1 heterocycles. The van der Waals surface area contributed by atoms with Crippen LogP contribution in [0.2, 0.25) is 0 Å². The van der Waals surface area contributed by atoms with Gasteiger partial charge in [0.15, 0.2) is 9.84 Å². The van der Waals surface area contributed by atoms with Crippen molar-refractivity contribution in [1.29, 1.82) is 0 Å². The first-order chi connectivity index (χ1) is 11.5. The molecule has 0 saturated heterocycles. The average Bonchev–Trinajstić information content (AvgIpc) is 3.01. The summed E-state index contributed by atoms with van der Waals surface area (Å²) in [6.45, 7) is -0.333. The van der Waals surface area contributed by atoms with E-state index in [2.05, 4.69) is 0 Å². The molecule has 2 rings (SSSR count). The number of rotatable bonds is 6. The van der Waals surface area contributed by atoms with E-state index in [4.69, 9.17) is 9.15 Å². The van der Waals surface area contributed by atoms with Crippen LogP contribution in [-0.4, -0.2) is 47.5 Å². The van der Waals surface area contributed by atoms with Crippen LogP contribution in [0.1, 0.15) is 16.1 Å². The predicted molar refractivity (Wildman–Crippen MR) is 88.3 cm³/mol. The summed E-state index contributed by atoms with van der Waals surface area (Å²) >= 11 is 0. The van der Waals surface area contributed by atoms with Crippen LogP contribution in [0.3, 0.4) is 0 Å². The maximum atomic E-state index is 12.1. The van der Waals surface area contributed by atoms with Gasteiger partial charge in [-0.3, -0.25) is 0 Å². The highest BCUT2D eigenvalue weighted by Gasteiger charge is 2.23. The Labute approximate surface area is 146 Å². The first-order valence-electron chi connectivity index (χ1n) is 7.01. The van der Waals surface area contributed by atoms with Crippen LogP contribution in [0.25, 0.3) is 0 Å². The summed E-state index contributed by atoms with van der Waals surface area (Å²) in [5, 5.41) is -0.278. The Morgan fingerprint density at radius 3 is 2.32 bits per heavy atom. The third kappa shape index (κ3) is 4.27. The molecule has 0 aliphatic heterocycles. The summed E-state index contributed by atoms with van der Waals surface area (Å²) in [5.41, 5.74) is -0.0994. The largest absolute Gasteiger partial charge is 0.454 e. The minimum atomic E-state index is -3.73. The third-order valence-corrected chi connectivity index (χ3v) is 6.07. The molecule has 1 aromatic heterocycles. The number of furan rings is 1. The lowest BCUT2D eigenvalue weighted by molar-refractivity contribution is 0.0436. The quantitative estimate of drug-likeness (QED) is 0.687. The van der Waals surface area contributed by atoms with Crippen molar-refractivity contribution in [3.63, 3.8) is 0 Å². The van der Waals surface area contributed by atoms with Crippen molar-refractivity contribution in [2.75, 3.05) is 20.4 Å². The topological polar surface area (TPSA) is 111 Å². The van der Waals surface area contributed by atoms with Gasteiger partial charge in [-0.05, 0) is 24.3 Å². The normalized spacial score (nSPS) is 12.3. The van der Waals surface area contributed by atoms with Gasteiger partial charge >= 0.3 is 5.97 Å². The summed E-state index contributed by atoms with van der Waals surface area (Å²) in [5.74, 6) is -0.736. The lowest BCUT2D eigenvalue weighted by Crippen LogP contribution is -2.21. The Morgan fingerprint density at radius 2 is 1.72 bits per heavy atom. The Morgan fingerprint density at radius 1 is 1.08 bits per heavy atom. The van der Waals surface area contributed by atoms with Crippen molar-refractivity contribution >= 4 is 25.8 Å². The van der Waals surface area contributed by atoms with Gasteiger partial charge in [0, 0.05) is 20.4 Å². The van der Waals surface area contributed by atoms with Crippen LogP contribution < -0.4 is 0 Å². The smallest absolute Gasteiger partial charge is 0.339 e. The summed E-state index contributed by atoms with van der Waals surface area (Å²) in [7, 11) is -4.60. The molecule has 10 heteroatoms. The number of carbonyl (C=O) groups is 1. The van der Waals surface area contributed by atoms with Crippen molar-refractivity contribution in [2.24, 2.45) is 0 Å². The van der Waals surface area contributed by atoms with Crippen molar-refractivity contribution in [3.8, 4) is 0 Å². The van der Waals surface area contributed by atoms with E-state index in [1.165, 1.54) is 50.5 Å². The van der Waals surface area contributed by atoms with E-state index >= 15 is 0 Å². The molecule has 136 valence electrons. The molecule has 1 aromatic carbocycles. The molecular formula is C15H17NO7S2. The standard InChI is InChI=1S/C15H17NO7S2/c1-16(2)25(20,21)14-9-8-11(23-14)10-22-15(17)12-6-4-5-7-13(12)24(3,18)19/h4-9H,10H2,1-3H3. The fraction of sp³-hybridized carbons (Fsp3) is 0.267. The van der Waals surface area contributed by atoms with Gasteiger partial charge in [0.05, 0.1) is 10.5 Å². The van der Waals surface area contributed by atoms with Crippen LogP contribution in [0, 0.1) is 0 Å². The van der Waals surface area contributed by atoms with Crippen molar-refractivity contribution in [1.82, 2.24) is 4.31 Å².